The summed E-state index contributed by atoms with van der Waals surface area (Å²) in [5.74, 6) is -0.252. The molecule has 21 heavy (non-hydrogen) atoms. The molecule has 0 unspecified atom stereocenters. The Bertz CT molecular complexity index is 838. The summed E-state index contributed by atoms with van der Waals surface area (Å²) in [4.78, 5) is 12.0. The summed E-state index contributed by atoms with van der Waals surface area (Å²) in [6.45, 7) is 0.539. The SMILES string of the molecule is Cn1c(=O)cc(NCc2ccc(F)cc2)c2ccccc21. The highest BCUT2D eigenvalue weighted by Crippen LogP contribution is 2.21. The van der Waals surface area contributed by atoms with Crippen LogP contribution in [0.25, 0.3) is 10.9 Å². The molecule has 1 heterocycles. The van der Waals surface area contributed by atoms with E-state index in [1.54, 1.807) is 29.8 Å². The second kappa shape index (κ2) is 5.40. The summed E-state index contributed by atoms with van der Waals surface area (Å²) >= 11 is 0. The smallest absolute Gasteiger partial charge is 0.252 e. The van der Waals surface area contributed by atoms with Crippen molar-refractivity contribution in [2.75, 3.05) is 5.32 Å². The van der Waals surface area contributed by atoms with Crippen molar-refractivity contribution >= 4 is 16.6 Å². The number of aromatic nitrogens is 1. The van der Waals surface area contributed by atoms with Gasteiger partial charge < -0.3 is 9.88 Å². The van der Waals surface area contributed by atoms with Crippen molar-refractivity contribution < 1.29 is 4.39 Å². The lowest BCUT2D eigenvalue weighted by molar-refractivity contribution is 0.627. The number of rotatable bonds is 3. The third-order valence-corrected chi connectivity index (χ3v) is 3.55. The highest BCUT2D eigenvalue weighted by molar-refractivity contribution is 5.91. The van der Waals surface area contributed by atoms with E-state index in [9.17, 15) is 9.18 Å². The lowest BCUT2D eigenvalue weighted by atomic mass is 10.1. The van der Waals surface area contributed by atoms with E-state index in [-0.39, 0.29) is 11.4 Å². The number of nitrogens with zero attached hydrogens (tertiary/aromatic N) is 1. The molecule has 1 N–H and O–H groups in total. The van der Waals surface area contributed by atoms with Crippen LogP contribution in [0.1, 0.15) is 5.56 Å². The molecule has 0 bridgehead atoms. The molecule has 3 nitrogen and oxygen atoms in total. The summed E-state index contributed by atoms with van der Waals surface area (Å²) < 4.78 is 14.5. The van der Waals surface area contributed by atoms with Crippen molar-refractivity contribution in [1.82, 2.24) is 4.57 Å². The van der Waals surface area contributed by atoms with Gasteiger partial charge in [0.05, 0.1) is 5.52 Å². The van der Waals surface area contributed by atoms with Gasteiger partial charge in [-0.15, -0.1) is 0 Å². The maximum absolute atomic E-state index is 12.9. The Morgan fingerprint density at radius 1 is 1.10 bits per heavy atom. The van der Waals surface area contributed by atoms with Crippen LogP contribution in [-0.2, 0) is 13.6 Å². The molecule has 0 atom stereocenters. The van der Waals surface area contributed by atoms with E-state index in [0.717, 1.165) is 22.2 Å². The van der Waals surface area contributed by atoms with Crippen LogP contribution >= 0.6 is 0 Å². The molecular formula is C17H15FN2O. The minimum atomic E-state index is -0.252. The normalized spacial score (nSPS) is 10.8. The van der Waals surface area contributed by atoms with E-state index in [2.05, 4.69) is 5.32 Å². The summed E-state index contributed by atoms with van der Waals surface area (Å²) in [6.07, 6.45) is 0. The van der Waals surface area contributed by atoms with Gasteiger partial charge in [-0.05, 0) is 23.8 Å². The average molecular weight is 282 g/mol. The molecule has 0 aliphatic rings. The van der Waals surface area contributed by atoms with Gasteiger partial charge in [0.25, 0.3) is 5.56 Å². The van der Waals surface area contributed by atoms with Crippen molar-refractivity contribution in [3.8, 4) is 0 Å². The fourth-order valence-electron chi connectivity index (χ4n) is 2.36. The number of fused-ring (bicyclic) bond motifs is 1. The van der Waals surface area contributed by atoms with Crippen LogP contribution in [0.4, 0.5) is 10.1 Å². The van der Waals surface area contributed by atoms with E-state index < -0.39 is 0 Å². The molecule has 0 fully saturated rings. The van der Waals surface area contributed by atoms with Crippen LogP contribution in [0.15, 0.2) is 59.4 Å². The number of halogens is 1. The fourth-order valence-corrected chi connectivity index (χ4v) is 2.36. The maximum atomic E-state index is 12.9. The predicted molar refractivity (Wildman–Crippen MR) is 82.9 cm³/mol. The van der Waals surface area contributed by atoms with E-state index in [0.29, 0.717) is 6.54 Å². The zero-order valence-electron chi connectivity index (χ0n) is 11.6. The van der Waals surface area contributed by atoms with Crippen molar-refractivity contribution in [1.29, 1.82) is 0 Å². The summed E-state index contributed by atoms with van der Waals surface area (Å²) in [7, 11) is 1.76. The zero-order valence-corrected chi connectivity index (χ0v) is 11.6. The van der Waals surface area contributed by atoms with Gasteiger partial charge in [-0.25, -0.2) is 4.39 Å². The Labute approximate surface area is 121 Å². The van der Waals surface area contributed by atoms with Crippen LogP contribution in [-0.4, -0.2) is 4.57 Å². The van der Waals surface area contributed by atoms with Gasteiger partial charge >= 0.3 is 0 Å². The molecule has 4 heteroatoms. The number of anilines is 1. The first-order valence-electron chi connectivity index (χ1n) is 6.72. The van der Waals surface area contributed by atoms with Gasteiger partial charge in [0.1, 0.15) is 5.82 Å². The molecule has 3 aromatic rings. The van der Waals surface area contributed by atoms with E-state index in [4.69, 9.17) is 0 Å². The molecular weight excluding hydrogens is 267 g/mol. The molecule has 0 saturated carbocycles. The van der Waals surface area contributed by atoms with Gasteiger partial charge in [0.2, 0.25) is 0 Å². The number of aryl methyl sites for hydroxylation is 1. The Kier molecular flexibility index (Phi) is 3.44. The highest BCUT2D eigenvalue weighted by atomic mass is 19.1. The molecule has 0 saturated heterocycles. The molecule has 0 amide bonds. The predicted octanol–water partition coefficient (Wildman–Crippen LogP) is 3.29. The number of hydrogen-bond donors (Lipinski definition) is 1. The minimum Gasteiger partial charge on any atom is -0.380 e. The lowest BCUT2D eigenvalue weighted by Gasteiger charge is -2.12. The lowest BCUT2D eigenvalue weighted by Crippen LogP contribution is -2.17. The Balaban J connectivity index is 1.95. The molecule has 0 spiro atoms. The van der Waals surface area contributed by atoms with Gasteiger partial charge in [0.15, 0.2) is 0 Å². The standard InChI is InChI=1S/C17H15FN2O/c1-20-16-5-3-2-4-14(16)15(10-17(20)21)19-11-12-6-8-13(18)9-7-12/h2-10,19H,11H2,1H3. The summed E-state index contributed by atoms with van der Waals surface area (Å²) in [5.41, 5.74) is 2.57. The molecule has 106 valence electrons. The maximum Gasteiger partial charge on any atom is 0.252 e. The molecule has 3 rings (SSSR count). The van der Waals surface area contributed by atoms with Gasteiger partial charge in [-0.1, -0.05) is 30.3 Å². The van der Waals surface area contributed by atoms with Crippen LogP contribution in [0.3, 0.4) is 0 Å². The number of pyridine rings is 1. The number of nitrogens with one attached hydrogen (secondary N) is 1. The quantitative estimate of drug-likeness (QED) is 0.800. The second-order valence-electron chi connectivity index (χ2n) is 4.95. The second-order valence-corrected chi connectivity index (χ2v) is 4.95. The van der Waals surface area contributed by atoms with E-state index in [1.165, 1.54) is 12.1 Å². The first-order valence-corrected chi connectivity index (χ1v) is 6.72. The topological polar surface area (TPSA) is 34.0 Å². The minimum absolute atomic E-state index is 0.0599. The van der Waals surface area contributed by atoms with Crippen molar-refractivity contribution in [3.05, 3.63) is 76.3 Å². The monoisotopic (exact) mass is 282 g/mol. The molecule has 2 aromatic carbocycles. The average Bonchev–Trinajstić information content (AvgIpc) is 2.51. The Morgan fingerprint density at radius 2 is 1.81 bits per heavy atom. The summed E-state index contributed by atoms with van der Waals surface area (Å²) in [5, 5.41) is 4.24. The van der Waals surface area contributed by atoms with Crippen LogP contribution < -0.4 is 10.9 Å². The number of benzene rings is 2. The number of hydrogen-bond acceptors (Lipinski definition) is 2. The first-order chi connectivity index (χ1) is 10.1. The largest absolute Gasteiger partial charge is 0.380 e. The highest BCUT2D eigenvalue weighted by Gasteiger charge is 2.05. The van der Waals surface area contributed by atoms with Crippen LogP contribution in [0, 0.1) is 5.82 Å². The van der Waals surface area contributed by atoms with Gasteiger partial charge in [-0.3, -0.25) is 4.79 Å². The molecule has 0 aliphatic heterocycles. The van der Waals surface area contributed by atoms with Crippen LogP contribution in [0.5, 0.6) is 0 Å². The van der Waals surface area contributed by atoms with E-state index >= 15 is 0 Å². The molecule has 0 radical (unpaired) electrons. The molecule has 0 aliphatic carbocycles. The third-order valence-electron chi connectivity index (χ3n) is 3.55. The fraction of sp³-hybridized carbons (Fsp3) is 0.118. The Hall–Kier alpha value is -2.62. The Morgan fingerprint density at radius 3 is 2.57 bits per heavy atom. The van der Waals surface area contributed by atoms with Crippen molar-refractivity contribution in [3.63, 3.8) is 0 Å². The first kappa shape index (κ1) is 13.4. The van der Waals surface area contributed by atoms with Gasteiger partial charge in [-0.2, -0.15) is 0 Å². The van der Waals surface area contributed by atoms with Crippen LogP contribution in [0.2, 0.25) is 0 Å². The van der Waals surface area contributed by atoms with Crippen molar-refractivity contribution in [2.45, 2.75) is 6.54 Å². The van der Waals surface area contributed by atoms with Crippen molar-refractivity contribution in [2.24, 2.45) is 7.05 Å². The zero-order chi connectivity index (χ0) is 14.8. The summed E-state index contributed by atoms with van der Waals surface area (Å²) in [6, 6.07) is 15.6. The number of para-hydroxylation sites is 1. The molecule has 1 aromatic heterocycles. The third kappa shape index (κ3) is 2.65. The van der Waals surface area contributed by atoms with E-state index in [1.807, 2.05) is 24.3 Å². The van der Waals surface area contributed by atoms with Gasteiger partial charge in [0, 0.05) is 30.7 Å².